The van der Waals surface area contributed by atoms with Crippen LogP contribution in [0.1, 0.15) is 27.7 Å². The first-order valence-electron chi connectivity index (χ1n) is 5.51. The van der Waals surface area contributed by atoms with E-state index in [1.54, 1.807) is 0 Å². The van der Waals surface area contributed by atoms with Crippen molar-refractivity contribution in [3.63, 3.8) is 0 Å². The van der Waals surface area contributed by atoms with Gasteiger partial charge in [-0.2, -0.15) is 26.2 Å². The zero-order valence-corrected chi connectivity index (χ0v) is 14.8. The van der Waals surface area contributed by atoms with Gasteiger partial charge in [0.05, 0.1) is 0 Å². The Morgan fingerprint density at radius 1 is 0.714 bits per heavy atom. The summed E-state index contributed by atoms with van der Waals surface area (Å²) in [6.07, 6.45) is 0. The van der Waals surface area contributed by atoms with Crippen LogP contribution in [0.15, 0.2) is 0 Å². The minimum atomic E-state index is 0. The molecule has 0 aliphatic rings. The molecule has 0 atom stereocenters. The first kappa shape index (κ1) is 24.3. The summed E-state index contributed by atoms with van der Waals surface area (Å²) in [5.41, 5.74) is 0. The van der Waals surface area contributed by atoms with Crippen LogP contribution in [0.5, 0.6) is 0 Å². The number of nitrogens with zero attached hydrogens (tertiary/aromatic N) is 2. The van der Waals surface area contributed by atoms with E-state index in [-0.39, 0.29) is 26.2 Å². The fourth-order valence-electron chi connectivity index (χ4n) is 0.447. The molecule has 0 unspecified atom stereocenters. The predicted molar refractivity (Wildman–Crippen MR) is 69.2 cm³/mol. The third-order valence-corrected chi connectivity index (χ3v) is 0.894. The fraction of sp³-hybridized carbons (Fsp3) is 1.00. The van der Waals surface area contributed by atoms with Gasteiger partial charge in [0.2, 0.25) is 0 Å². The van der Waals surface area contributed by atoms with Crippen molar-refractivity contribution in [1.82, 2.24) is 0 Å². The minimum Gasteiger partial charge on any atom is -0.663 e. The Labute approximate surface area is 113 Å². The Kier molecular flexibility index (Phi) is 64.2. The average Bonchev–Trinajstić information content (AvgIpc) is 2.09. The van der Waals surface area contributed by atoms with Crippen molar-refractivity contribution in [2.24, 2.45) is 0 Å². The normalized spacial score (nSPS) is 7.29. The monoisotopic (exact) mass is 294 g/mol. The molecule has 0 fully saturated rings. The topological polar surface area (TPSA) is 28.2 Å². The molecular weight excluding hydrogens is 267 g/mol. The van der Waals surface area contributed by atoms with Crippen molar-refractivity contribution in [1.29, 1.82) is 0 Å². The molecule has 0 spiro atoms. The van der Waals surface area contributed by atoms with E-state index < -0.39 is 0 Å². The molecule has 0 radical (unpaired) electrons. The molecule has 0 aromatic carbocycles. The second-order valence-electron chi connectivity index (χ2n) is 2.42. The summed E-state index contributed by atoms with van der Waals surface area (Å²) in [6, 6.07) is 0. The minimum absolute atomic E-state index is 0. The van der Waals surface area contributed by atoms with E-state index in [1.807, 2.05) is 27.7 Å². The van der Waals surface area contributed by atoms with Gasteiger partial charge < -0.3 is 10.6 Å². The van der Waals surface area contributed by atoms with Crippen molar-refractivity contribution < 1.29 is 26.2 Å². The Hall–Kier alpha value is 1.02. The molecule has 0 aromatic rings. The molecule has 0 heterocycles. The second-order valence-corrected chi connectivity index (χ2v) is 3.83. The Balaban J connectivity index is -0.0000000535. The maximum Gasteiger partial charge on any atom is 2.00 e. The molecule has 14 heavy (non-hydrogen) atoms. The summed E-state index contributed by atoms with van der Waals surface area (Å²) in [6.45, 7) is 16.6. The van der Waals surface area contributed by atoms with Crippen LogP contribution in [0.3, 0.4) is 0 Å². The van der Waals surface area contributed by atoms with Crippen molar-refractivity contribution in [3.05, 3.63) is 10.6 Å². The van der Waals surface area contributed by atoms with Gasteiger partial charge in [0.1, 0.15) is 0 Å². The van der Waals surface area contributed by atoms with E-state index >= 15 is 0 Å². The molecule has 0 saturated heterocycles. The predicted octanol–water partition coefficient (Wildman–Crippen LogP) is 3.05. The van der Waals surface area contributed by atoms with E-state index in [1.165, 1.54) is 0 Å². The SMILES string of the molecule is CC[N-]CC.CC[N-]CC.C[SiH2]C.[Zr+2]. The molecule has 0 bridgehead atoms. The summed E-state index contributed by atoms with van der Waals surface area (Å²) < 4.78 is 0. The Morgan fingerprint density at radius 3 is 0.857 bits per heavy atom. The van der Waals surface area contributed by atoms with Gasteiger partial charge >= 0.3 is 26.2 Å². The van der Waals surface area contributed by atoms with Gasteiger partial charge in [-0.25, -0.2) is 0 Å². The number of hydrogen-bond donors (Lipinski definition) is 0. The maximum absolute atomic E-state index is 3.97. The Bertz CT molecular complexity index is 47.4. The van der Waals surface area contributed by atoms with Gasteiger partial charge in [-0.1, -0.05) is 40.8 Å². The summed E-state index contributed by atoms with van der Waals surface area (Å²) in [5.74, 6) is 0. The first-order valence-corrected chi connectivity index (χ1v) is 8.34. The van der Waals surface area contributed by atoms with Crippen LogP contribution in [0.2, 0.25) is 13.1 Å². The second kappa shape index (κ2) is 37.0. The summed E-state index contributed by atoms with van der Waals surface area (Å²) in [5, 5.41) is 7.94. The fourth-order valence-corrected chi connectivity index (χ4v) is 0.447. The maximum atomic E-state index is 3.97. The van der Waals surface area contributed by atoms with Crippen molar-refractivity contribution >= 4 is 9.52 Å². The van der Waals surface area contributed by atoms with Crippen molar-refractivity contribution in [3.8, 4) is 0 Å². The van der Waals surface area contributed by atoms with E-state index in [9.17, 15) is 0 Å². The van der Waals surface area contributed by atoms with Gasteiger partial charge in [0.25, 0.3) is 0 Å². The quantitative estimate of drug-likeness (QED) is 0.713. The molecule has 2 nitrogen and oxygen atoms in total. The molecule has 4 heteroatoms. The van der Waals surface area contributed by atoms with Crippen LogP contribution < -0.4 is 0 Å². The number of rotatable bonds is 4. The molecule has 0 rings (SSSR count). The molecule has 86 valence electrons. The average molecular weight is 296 g/mol. The standard InChI is InChI=1S/2C4H10N.C2H8Si.Zr/c2*1-3-5-4-2;1-3-2;/h2*3-4H2,1-2H3;3H2,1-2H3;/q2*-1;;+2. The number of hydrogen-bond acceptors (Lipinski definition) is 0. The molecule has 0 N–H and O–H groups in total. The van der Waals surface area contributed by atoms with E-state index in [4.69, 9.17) is 0 Å². The summed E-state index contributed by atoms with van der Waals surface area (Å²) >= 11 is 0. The molecule has 0 amide bonds. The largest absolute Gasteiger partial charge is 2.00 e. The summed E-state index contributed by atoms with van der Waals surface area (Å²) in [4.78, 5) is 0. The molecular formula is C10H28N2SiZr. The molecule has 0 aromatic heterocycles. The van der Waals surface area contributed by atoms with Crippen molar-refractivity contribution in [2.45, 2.75) is 40.8 Å². The van der Waals surface area contributed by atoms with Gasteiger partial charge in [-0.15, -0.1) is 0 Å². The third kappa shape index (κ3) is 74.6. The zero-order valence-electron chi connectivity index (χ0n) is 10.9. The molecule has 0 saturated carbocycles. The zero-order chi connectivity index (χ0) is 10.9. The molecule has 0 aliphatic carbocycles. The van der Waals surface area contributed by atoms with Gasteiger partial charge in [-0.3, -0.25) is 0 Å². The van der Waals surface area contributed by atoms with Crippen molar-refractivity contribution in [2.75, 3.05) is 26.2 Å². The molecule has 0 aliphatic heterocycles. The van der Waals surface area contributed by atoms with Crippen LogP contribution in [0.25, 0.3) is 10.6 Å². The van der Waals surface area contributed by atoms with Crippen LogP contribution in [-0.4, -0.2) is 35.7 Å². The van der Waals surface area contributed by atoms with E-state index in [0.29, 0.717) is 9.52 Å². The van der Waals surface area contributed by atoms with Crippen LogP contribution in [0.4, 0.5) is 0 Å². The van der Waals surface area contributed by atoms with Gasteiger partial charge in [0, 0.05) is 9.52 Å². The first-order chi connectivity index (χ1) is 6.24. The summed E-state index contributed by atoms with van der Waals surface area (Å²) in [7, 11) is 0.417. The van der Waals surface area contributed by atoms with Gasteiger partial charge in [0.15, 0.2) is 0 Å². The van der Waals surface area contributed by atoms with E-state index in [0.717, 1.165) is 26.2 Å². The van der Waals surface area contributed by atoms with Crippen LogP contribution >= 0.6 is 0 Å². The van der Waals surface area contributed by atoms with E-state index in [2.05, 4.69) is 23.7 Å². The Morgan fingerprint density at radius 2 is 0.857 bits per heavy atom. The van der Waals surface area contributed by atoms with Crippen LogP contribution in [-0.2, 0) is 26.2 Å². The smallest absolute Gasteiger partial charge is 0.663 e. The van der Waals surface area contributed by atoms with Gasteiger partial charge in [-0.05, 0) is 0 Å². The third-order valence-electron chi connectivity index (χ3n) is 0.894. The van der Waals surface area contributed by atoms with Crippen LogP contribution in [0, 0.1) is 0 Å².